The van der Waals surface area contributed by atoms with Gasteiger partial charge < -0.3 is 0 Å². The van der Waals surface area contributed by atoms with Gasteiger partial charge in [-0.1, -0.05) is 20.8 Å². The van der Waals surface area contributed by atoms with Gasteiger partial charge in [0, 0.05) is 11.4 Å². The lowest BCUT2D eigenvalue weighted by Gasteiger charge is -2.06. The van der Waals surface area contributed by atoms with Gasteiger partial charge in [0.1, 0.15) is 4.21 Å². The first-order valence-electron chi connectivity index (χ1n) is 5.54. The molecule has 0 radical (unpaired) electrons. The van der Waals surface area contributed by atoms with Crippen LogP contribution >= 0.6 is 11.3 Å². The molecular weight excluding hydrogens is 242 g/mol. The highest BCUT2D eigenvalue weighted by Gasteiger charge is 2.15. The van der Waals surface area contributed by atoms with Gasteiger partial charge in [0.25, 0.3) is 0 Å². The molecule has 1 aromatic heterocycles. The van der Waals surface area contributed by atoms with Crippen molar-refractivity contribution in [2.24, 2.45) is 5.92 Å². The molecule has 0 bridgehead atoms. The molecule has 3 nitrogen and oxygen atoms in total. The van der Waals surface area contributed by atoms with Crippen LogP contribution in [0.15, 0.2) is 16.3 Å². The molecule has 0 atom stereocenters. The molecule has 1 aromatic rings. The Morgan fingerprint density at radius 3 is 2.56 bits per heavy atom. The zero-order chi connectivity index (χ0) is 12.2. The summed E-state index contributed by atoms with van der Waals surface area (Å²) in [6, 6.07) is 3.56. The summed E-state index contributed by atoms with van der Waals surface area (Å²) >= 11 is 1.35. The predicted octanol–water partition coefficient (Wildman–Crippen LogP) is 2.63. The Morgan fingerprint density at radius 1 is 1.38 bits per heavy atom. The highest BCUT2D eigenvalue weighted by atomic mass is 32.2. The Labute approximate surface area is 102 Å². The number of thiophene rings is 1. The van der Waals surface area contributed by atoms with Crippen molar-refractivity contribution in [2.45, 2.75) is 37.8 Å². The topological polar surface area (TPSA) is 46.2 Å². The number of aryl methyl sites for hydroxylation is 1. The van der Waals surface area contributed by atoms with Crippen molar-refractivity contribution in [1.82, 2.24) is 4.72 Å². The Balaban J connectivity index is 2.63. The first kappa shape index (κ1) is 13.7. The van der Waals surface area contributed by atoms with Crippen LogP contribution < -0.4 is 4.72 Å². The molecule has 1 rings (SSSR count). The predicted molar refractivity (Wildman–Crippen MR) is 68.3 cm³/mol. The Kier molecular flexibility index (Phi) is 4.95. The van der Waals surface area contributed by atoms with E-state index in [0.717, 1.165) is 17.7 Å². The summed E-state index contributed by atoms with van der Waals surface area (Å²) in [6.07, 6.45) is 1.75. The van der Waals surface area contributed by atoms with Crippen molar-refractivity contribution < 1.29 is 8.42 Å². The highest BCUT2D eigenvalue weighted by molar-refractivity contribution is 7.91. The molecule has 92 valence electrons. The van der Waals surface area contributed by atoms with E-state index in [-0.39, 0.29) is 0 Å². The van der Waals surface area contributed by atoms with E-state index >= 15 is 0 Å². The normalized spacial score (nSPS) is 12.2. The molecule has 0 amide bonds. The third-order valence-electron chi connectivity index (χ3n) is 2.26. The van der Waals surface area contributed by atoms with Crippen LogP contribution in [0.5, 0.6) is 0 Å². The largest absolute Gasteiger partial charge is 0.250 e. The average Bonchev–Trinajstić information content (AvgIpc) is 2.65. The van der Waals surface area contributed by atoms with Crippen molar-refractivity contribution >= 4 is 21.4 Å². The zero-order valence-corrected chi connectivity index (χ0v) is 11.6. The van der Waals surface area contributed by atoms with Gasteiger partial charge in [-0.3, -0.25) is 0 Å². The maximum absolute atomic E-state index is 11.8. The number of nitrogens with one attached hydrogen (secondary N) is 1. The van der Waals surface area contributed by atoms with E-state index in [1.54, 1.807) is 6.07 Å². The van der Waals surface area contributed by atoms with Crippen LogP contribution in [0.1, 0.15) is 32.1 Å². The number of hydrogen-bond acceptors (Lipinski definition) is 3. The molecule has 0 aliphatic rings. The summed E-state index contributed by atoms with van der Waals surface area (Å²) in [5, 5.41) is 0. The van der Waals surface area contributed by atoms with Gasteiger partial charge in [0.15, 0.2) is 0 Å². The standard InChI is InChI=1S/C11H19NO2S2/c1-4-10-5-6-11(15-10)16(13,14)12-8-7-9(2)3/h5-6,9,12H,4,7-8H2,1-3H3. The van der Waals surface area contributed by atoms with E-state index in [0.29, 0.717) is 16.7 Å². The maximum atomic E-state index is 11.8. The molecule has 0 unspecified atom stereocenters. The summed E-state index contributed by atoms with van der Waals surface area (Å²) in [7, 11) is -3.28. The van der Waals surface area contributed by atoms with E-state index in [1.807, 2.05) is 13.0 Å². The summed E-state index contributed by atoms with van der Waals surface area (Å²) in [5.41, 5.74) is 0. The van der Waals surface area contributed by atoms with Gasteiger partial charge in [-0.2, -0.15) is 0 Å². The molecule has 0 fully saturated rings. The fourth-order valence-corrected chi connectivity index (χ4v) is 3.63. The number of hydrogen-bond donors (Lipinski definition) is 1. The van der Waals surface area contributed by atoms with E-state index in [9.17, 15) is 8.42 Å². The van der Waals surface area contributed by atoms with Crippen molar-refractivity contribution in [3.8, 4) is 0 Å². The van der Waals surface area contributed by atoms with Gasteiger partial charge in [-0.25, -0.2) is 13.1 Å². The van der Waals surface area contributed by atoms with Crippen LogP contribution in [-0.2, 0) is 16.4 Å². The van der Waals surface area contributed by atoms with Crippen molar-refractivity contribution in [2.75, 3.05) is 6.54 Å². The average molecular weight is 261 g/mol. The molecule has 0 saturated carbocycles. The van der Waals surface area contributed by atoms with E-state index < -0.39 is 10.0 Å². The molecule has 0 aliphatic carbocycles. The summed E-state index contributed by atoms with van der Waals surface area (Å²) < 4.78 is 26.7. The molecule has 0 aromatic carbocycles. The number of sulfonamides is 1. The number of rotatable bonds is 6. The maximum Gasteiger partial charge on any atom is 0.250 e. The minimum Gasteiger partial charge on any atom is -0.210 e. The van der Waals surface area contributed by atoms with E-state index in [4.69, 9.17) is 0 Å². The van der Waals surface area contributed by atoms with Gasteiger partial charge in [0.2, 0.25) is 10.0 Å². The van der Waals surface area contributed by atoms with Crippen LogP contribution in [0.25, 0.3) is 0 Å². The van der Waals surface area contributed by atoms with Gasteiger partial charge in [-0.15, -0.1) is 11.3 Å². The Morgan fingerprint density at radius 2 is 2.06 bits per heavy atom. The third-order valence-corrected chi connectivity index (χ3v) is 5.45. The zero-order valence-electron chi connectivity index (χ0n) is 9.99. The molecule has 0 saturated heterocycles. The molecule has 1 N–H and O–H groups in total. The lowest BCUT2D eigenvalue weighted by molar-refractivity contribution is 0.553. The summed E-state index contributed by atoms with van der Waals surface area (Å²) in [6.45, 7) is 6.69. The second-order valence-corrected chi connectivity index (χ2v) is 7.32. The summed E-state index contributed by atoms with van der Waals surface area (Å²) in [4.78, 5) is 1.10. The third kappa shape index (κ3) is 3.88. The monoisotopic (exact) mass is 261 g/mol. The lowest BCUT2D eigenvalue weighted by Crippen LogP contribution is -2.24. The van der Waals surface area contributed by atoms with Crippen LogP contribution in [0, 0.1) is 5.92 Å². The van der Waals surface area contributed by atoms with Crippen LogP contribution in [-0.4, -0.2) is 15.0 Å². The Bertz CT molecular complexity index is 421. The molecule has 0 aliphatic heterocycles. The van der Waals surface area contributed by atoms with Crippen LogP contribution in [0.3, 0.4) is 0 Å². The van der Waals surface area contributed by atoms with E-state index in [2.05, 4.69) is 18.6 Å². The molecule has 16 heavy (non-hydrogen) atoms. The molecule has 1 heterocycles. The van der Waals surface area contributed by atoms with Gasteiger partial charge in [-0.05, 0) is 30.9 Å². The molecule has 0 spiro atoms. The van der Waals surface area contributed by atoms with Crippen molar-refractivity contribution in [3.63, 3.8) is 0 Å². The fourth-order valence-electron chi connectivity index (χ4n) is 1.25. The van der Waals surface area contributed by atoms with Crippen LogP contribution in [0.2, 0.25) is 0 Å². The SMILES string of the molecule is CCc1ccc(S(=O)(=O)NCCC(C)C)s1. The minimum atomic E-state index is -3.28. The first-order valence-corrected chi connectivity index (χ1v) is 7.84. The smallest absolute Gasteiger partial charge is 0.210 e. The fraction of sp³-hybridized carbons (Fsp3) is 0.636. The quantitative estimate of drug-likeness (QED) is 0.855. The van der Waals surface area contributed by atoms with E-state index in [1.165, 1.54) is 11.3 Å². The van der Waals surface area contributed by atoms with Gasteiger partial charge in [0.05, 0.1) is 0 Å². The van der Waals surface area contributed by atoms with Crippen LogP contribution in [0.4, 0.5) is 0 Å². The highest BCUT2D eigenvalue weighted by Crippen LogP contribution is 2.21. The first-order chi connectivity index (χ1) is 7.45. The minimum absolute atomic E-state index is 0.424. The second kappa shape index (κ2) is 5.80. The van der Waals surface area contributed by atoms with Crippen molar-refractivity contribution in [1.29, 1.82) is 0 Å². The Hall–Kier alpha value is -0.390. The molecule has 5 heteroatoms. The van der Waals surface area contributed by atoms with Gasteiger partial charge >= 0.3 is 0 Å². The second-order valence-electron chi connectivity index (χ2n) is 4.15. The summed E-state index contributed by atoms with van der Waals surface area (Å²) in [5.74, 6) is 0.511. The molecular formula is C11H19NO2S2. The van der Waals surface area contributed by atoms with Crippen molar-refractivity contribution in [3.05, 3.63) is 17.0 Å². The lowest BCUT2D eigenvalue weighted by atomic mass is 10.1.